The van der Waals surface area contributed by atoms with Crippen LogP contribution in [0.1, 0.15) is 73.6 Å². The van der Waals surface area contributed by atoms with Crippen molar-refractivity contribution in [3.8, 4) is 0 Å². The van der Waals surface area contributed by atoms with Gasteiger partial charge in [0.05, 0.1) is 0 Å². The minimum Gasteiger partial charge on any atom is -0.365 e. The van der Waals surface area contributed by atoms with Crippen LogP contribution >= 0.6 is 11.8 Å². The summed E-state index contributed by atoms with van der Waals surface area (Å²) in [6, 6.07) is 0. The van der Waals surface area contributed by atoms with Crippen LogP contribution in [-0.2, 0) is 9.47 Å². The first-order valence-electron chi connectivity index (χ1n) is 7.49. The summed E-state index contributed by atoms with van der Waals surface area (Å²) in [6.07, 6.45) is 5.37. The summed E-state index contributed by atoms with van der Waals surface area (Å²) in [7, 11) is 0. The zero-order chi connectivity index (χ0) is 14.1. The number of thioether (sulfide) groups is 1. The van der Waals surface area contributed by atoms with Gasteiger partial charge in [-0.2, -0.15) is 0 Å². The zero-order valence-electron chi connectivity index (χ0n) is 13.2. The van der Waals surface area contributed by atoms with Crippen molar-refractivity contribution in [2.45, 2.75) is 83.5 Å². The number of unbranched alkanes of at least 4 members (excludes halogenated alkanes) is 1. The van der Waals surface area contributed by atoms with E-state index in [2.05, 4.69) is 41.5 Å². The van der Waals surface area contributed by atoms with Crippen LogP contribution in [0.2, 0.25) is 0 Å². The fourth-order valence-electron chi connectivity index (χ4n) is 1.92. The van der Waals surface area contributed by atoms with Crippen LogP contribution in [0.15, 0.2) is 0 Å². The van der Waals surface area contributed by atoms with E-state index in [0.29, 0.717) is 0 Å². The highest BCUT2D eigenvalue weighted by Crippen LogP contribution is 2.44. The number of hydrogen-bond donors (Lipinski definition) is 0. The van der Waals surface area contributed by atoms with Crippen LogP contribution in [0.5, 0.6) is 0 Å². The molecule has 0 fully saturated rings. The van der Waals surface area contributed by atoms with Gasteiger partial charge in [0.1, 0.15) is 9.87 Å². The Labute approximate surface area is 118 Å². The molecule has 0 unspecified atom stereocenters. The number of hydrogen-bond acceptors (Lipinski definition) is 3. The van der Waals surface area contributed by atoms with Gasteiger partial charge in [-0.05, 0) is 39.5 Å². The van der Waals surface area contributed by atoms with E-state index in [-0.39, 0.29) is 9.87 Å². The van der Waals surface area contributed by atoms with Crippen LogP contribution in [0, 0.1) is 0 Å². The molecule has 0 aliphatic heterocycles. The summed E-state index contributed by atoms with van der Waals surface area (Å²) >= 11 is 1.87. The first-order valence-corrected chi connectivity index (χ1v) is 8.31. The van der Waals surface area contributed by atoms with Gasteiger partial charge in [-0.25, -0.2) is 0 Å². The lowest BCUT2D eigenvalue weighted by molar-refractivity contribution is 0.00523. The first-order chi connectivity index (χ1) is 8.51. The Morgan fingerprint density at radius 3 is 1.89 bits per heavy atom. The molecule has 0 N–H and O–H groups in total. The highest BCUT2D eigenvalue weighted by molar-refractivity contribution is 8.01. The predicted molar refractivity (Wildman–Crippen MR) is 82.1 cm³/mol. The average molecular weight is 276 g/mol. The molecule has 0 amide bonds. The maximum Gasteiger partial charge on any atom is 0.115 e. The van der Waals surface area contributed by atoms with Crippen LogP contribution in [0.3, 0.4) is 0 Å². The molecule has 0 heterocycles. The maximum atomic E-state index is 6.11. The van der Waals surface area contributed by atoms with Crippen molar-refractivity contribution in [1.82, 2.24) is 0 Å². The third-order valence-corrected chi connectivity index (χ3v) is 5.34. The van der Waals surface area contributed by atoms with Gasteiger partial charge in [0, 0.05) is 13.2 Å². The van der Waals surface area contributed by atoms with Crippen molar-refractivity contribution >= 4 is 11.8 Å². The molecule has 0 aromatic heterocycles. The summed E-state index contributed by atoms with van der Waals surface area (Å²) in [4.78, 5) is -0.220. The van der Waals surface area contributed by atoms with Gasteiger partial charge in [-0.3, -0.25) is 0 Å². The van der Waals surface area contributed by atoms with Gasteiger partial charge >= 0.3 is 0 Å². The largest absolute Gasteiger partial charge is 0.365 e. The predicted octanol–water partition coefficient (Wildman–Crippen LogP) is 5.22. The Morgan fingerprint density at radius 2 is 1.50 bits per heavy atom. The second-order valence-corrected chi connectivity index (χ2v) is 6.65. The Bertz CT molecular complexity index is 205. The third kappa shape index (κ3) is 5.94. The standard InChI is InChI=1S/C15H32O2S/c1-7-12-13-17-14(6,8-2)18-15(9-3,10-4)16-11-5/h7-13H2,1-6H3/t14-/m0/s1. The molecule has 0 radical (unpaired) electrons. The summed E-state index contributed by atoms with van der Waals surface area (Å²) in [5.74, 6) is 0. The third-order valence-electron chi connectivity index (χ3n) is 3.43. The normalized spacial score (nSPS) is 15.7. The van der Waals surface area contributed by atoms with Gasteiger partial charge in [-0.1, -0.05) is 45.9 Å². The van der Waals surface area contributed by atoms with Crippen LogP contribution < -0.4 is 0 Å². The molecule has 0 saturated carbocycles. The molecule has 18 heavy (non-hydrogen) atoms. The van der Waals surface area contributed by atoms with Crippen LogP contribution in [-0.4, -0.2) is 23.1 Å². The molecule has 0 aromatic rings. The van der Waals surface area contributed by atoms with E-state index in [9.17, 15) is 0 Å². The van der Waals surface area contributed by atoms with Crippen molar-refractivity contribution in [1.29, 1.82) is 0 Å². The molecule has 0 rings (SSSR count). The molecule has 1 atom stereocenters. The quantitative estimate of drug-likeness (QED) is 0.381. The lowest BCUT2D eigenvalue weighted by atomic mass is 10.2. The van der Waals surface area contributed by atoms with E-state index in [4.69, 9.17) is 9.47 Å². The lowest BCUT2D eigenvalue weighted by Crippen LogP contribution is -2.36. The molecule has 0 bridgehead atoms. The van der Waals surface area contributed by atoms with Crippen molar-refractivity contribution < 1.29 is 9.47 Å². The van der Waals surface area contributed by atoms with Crippen molar-refractivity contribution in [3.05, 3.63) is 0 Å². The highest BCUT2D eigenvalue weighted by atomic mass is 32.2. The van der Waals surface area contributed by atoms with Crippen molar-refractivity contribution in [2.75, 3.05) is 13.2 Å². The Balaban J connectivity index is 4.61. The van der Waals surface area contributed by atoms with E-state index in [1.54, 1.807) is 0 Å². The maximum absolute atomic E-state index is 6.11. The smallest absolute Gasteiger partial charge is 0.115 e. The van der Waals surface area contributed by atoms with Gasteiger partial charge in [0.2, 0.25) is 0 Å². The highest BCUT2D eigenvalue weighted by Gasteiger charge is 2.37. The second kappa shape index (κ2) is 9.22. The van der Waals surface area contributed by atoms with Gasteiger partial charge in [0.15, 0.2) is 0 Å². The van der Waals surface area contributed by atoms with Crippen LogP contribution in [0.25, 0.3) is 0 Å². The minimum atomic E-state index is -0.129. The Hall–Kier alpha value is 0.270. The zero-order valence-corrected chi connectivity index (χ0v) is 14.0. The fourth-order valence-corrected chi connectivity index (χ4v) is 3.46. The summed E-state index contributed by atoms with van der Waals surface area (Å²) in [6.45, 7) is 14.7. The second-order valence-electron chi connectivity index (χ2n) is 4.84. The van der Waals surface area contributed by atoms with E-state index in [1.807, 2.05) is 11.8 Å². The van der Waals surface area contributed by atoms with Crippen molar-refractivity contribution in [3.63, 3.8) is 0 Å². The van der Waals surface area contributed by atoms with E-state index < -0.39 is 0 Å². The molecule has 0 aromatic carbocycles. The molecule has 3 heteroatoms. The molecule has 0 saturated heterocycles. The summed E-state index contributed by atoms with van der Waals surface area (Å²) in [5, 5.41) is 0. The van der Waals surface area contributed by atoms with Gasteiger partial charge < -0.3 is 9.47 Å². The average Bonchev–Trinajstić information content (AvgIpc) is 2.38. The van der Waals surface area contributed by atoms with Gasteiger partial charge in [0.25, 0.3) is 0 Å². The molecule has 110 valence electrons. The monoisotopic (exact) mass is 276 g/mol. The summed E-state index contributed by atoms with van der Waals surface area (Å²) in [5.41, 5.74) is 0. The van der Waals surface area contributed by atoms with E-state index >= 15 is 0 Å². The van der Waals surface area contributed by atoms with Crippen molar-refractivity contribution in [2.24, 2.45) is 0 Å². The molecular weight excluding hydrogens is 244 g/mol. The molecule has 0 aliphatic carbocycles. The molecule has 0 spiro atoms. The number of rotatable bonds is 11. The SMILES string of the molecule is CCCCO[C@](C)(CC)SC(CC)(CC)OCC. The molecular formula is C15H32O2S. The Kier molecular flexibility index (Phi) is 9.36. The number of ether oxygens (including phenoxy) is 2. The molecule has 2 nitrogen and oxygen atoms in total. The van der Waals surface area contributed by atoms with Crippen LogP contribution in [0.4, 0.5) is 0 Å². The van der Waals surface area contributed by atoms with E-state index in [1.165, 1.54) is 6.42 Å². The minimum absolute atomic E-state index is 0.0915. The fraction of sp³-hybridized carbons (Fsp3) is 1.00. The molecule has 0 aliphatic rings. The Morgan fingerprint density at radius 1 is 0.889 bits per heavy atom. The summed E-state index contributed by atoms with van der Waals surface area (Å²) < 4.78 is 12.1. The topological polar surface area (TPSA) is 18.5 Å². The lowest BCUT2D eigenvalue weighted by Gasteiger charge is -2.39. The van der Waals surface area contributed by atoms with Gasteiger partial charge in [-0.15, -0.1) is 0 Å². The van der Waals surface area contributed by atoms with E-state index in [0.717, 1.165) is 38.9 Å². The first kappa shape index (κ1) is 18.3.